The van der Waals surface area contributed by atoms with Gasteiger partial charge in [-0.15, -0.1) is 0 Å². The summed E-state index contributed by atoms with van der Waals surface area (Å²) in [5.74, 6) is 1.60. The lowest BCUT2D eigenvalue weighted by atomic mass is 10.2. The van der Waals surface area contributed by atoms with Crippen LogP contribution in [0.15, 0.2) is 22.7 Å². The second-order valence-corrected chi connectivity index (χ2v) is 4.42. The van der Waals surface area contributed by atoms with E-state index in [2.05, 4.69) is 28.6 Å². The van der Waals surface area contributed by atoms with Crippen LogP contribution in [0.2, 0.25) is 0 Å². The van der Waals surface area contributed by atoms with E-state index in [4.69, 9.17) is 9.47 Å². The molecule has 4 heteroatoms. The highest BCUT2D eigenvalue weighted by Gasteiger charge is 2.00. The molecule has 0 aliphatic heterocycles. The number of hydrogen-bond donors (Lipinski definition) is 1. The lowest BCUT2D eigenvalue weighted by molar-refractivity contribution is 0.112. The van der Waals surface area contributed by atoms with Crippen LogP contribution in [0, 0.1) is 6.92 Å². The summed E-state index contributed by atoms with van der Waals surface area (Å²) in [5, 5.41) is 0. The second kappa shape index (κ2) is 7.14. The molecule has 0 amide bonds. The zero-order valence-electron chi connectivity index (χ0n) is 8.70. The molecule has 0 bridgehead atoms. The van der Waals surface area contributed by atoms with E-state index in [1.165, 1.54) is 5.56 Å². The largest absolute Gasteiger partial charge is 0.490 e. The maximum absolute atomic E-state index is 5.54. The standard InChI is InChI=1S/C11H15BrO2S/c1-9-2-3-11(10(12)8-9)14-5-4-13-6-7-15/h2-3,8,15H,4-7H2,1H3. The molecule has 1 rings (SSSR count). The first-order valence-electron chi connectivity index (χ1n) is 4.81. The maximum atomic E-state index is 5.54. The van der Waals surface area contributed by atoms with Crippen molar-refractivity contribution in [2.45, 2.75) is 6.92 Å². The normalized spacial score (nSPS) is 10.3. The maximum Gasteiger partial charge on any atom is 0.133 e. The molecule has 84 valence electrons. The smallest absolute Gasteiger partial charge is 0.133 e. The predicted octanol–water partition coefficient (Wildman–Crippen LogP) is 3.08. The minimum absolute atomic E-state index is 0.565. The fourth-order valence-electron chi connectivity index (χ4n) is 1.10. The van der Waals surface area contributed by atoms with Gasteiger partial charge in [-0.25, -0.2) is 0 Å². The topological polar surface area (TPSA) is 18.5 Å². The highest BCUT2D eigenvalue weighted by Crippen LogP contribution is 2.25. The van der Waals surface area contributed by atoms with E-state index in [1.807, 2.05) is 25.1 Å². The third kappa shape index (κ3) is 4.91. The van der Waals surface area contributed by atoms with Crippen LogP contribution in [0.25, 0.3) is 0 Å². The Hall–Kier alpha value is -0.190. The van der Waals surface area contributed by atoms with Crippen molar-refractivity contribution in [3.63, 3.8) is 0 Å². The first-order valence-corrected chi connectivity index (χ1v) is 6.24. The van der Waals surface area contributed by atoms with Crippen molar-refractivity contribution in [2.24, 2.45) is 0 Å². The Balaban J connectivity index is 2.31. The van der Waals surface area contributed by atoms with Gasteiger partial charge in [0.15, 0.2) is 0 Å². The molecule has 0 unspecified atom stereocenters. The van der Waals surface area contributed by atoms with Gasteiger partial charge >= 0.3 is 0 Å². The van der Waals surface area contributed by atoms with Gasteiger partial charge in [0.1, 0.15) is 12.4 Å². The molecule has 0 spiro atoms. The van der Waals surface area contributed by atoms with Gasteiger partial charge in [-0.3, -0.25) is 0 Å². The van der Waals surface area contributed by atoms with Crippen molar-refractivity contribution in [3.8, 4) is 5.75 Å². The van der Waals surface area contributed by atoms with E-state index in [1.54, 1.807) is 0 Å². The van der Waals surface area contributed by atoms with Crippen molar-refractivity contribution < 1.29 is 9.47 Å². The molecule has 0 saturated carbocycles. The van der Waals surface area contributed by atoms with Gasteiger partial charge < -0.3 is 9.47 Å². The molecule has 0 atom stereocenters. The molecular formula is C11H15BrO2S. The van der Waals surface area contributed by atoms with Crippen molar-refractivity contribution >= 4 is 28.6 Å². The molecule has 0 aliphatic rings. The molecule has 15 heavy (non-hydrogen) atoms. The quantitative estimate of drug-likeness (QED) is 0.641. The number of halogens is 1. The summed E-state index contributed by atoms with van der Waals surface area (Å²) >= 11 is 7.50. The van der Waals surface area contributed by atoms with Crippen LogP contribution in [0.5, 0.6) is 5.75 Å². The highest BCUT2D eigenvalue weighted by molar-refractivity contribution is 9.10. The van der Waals surface area contributed by atoms with Crippen LogP contribution in [-0.4, -0.2) is 25.6 Å². The molecule has 0 fully saturated rings. The van der Waals surface area contributed by atoms with Crippen molar-refractivity contribution in [1.29, 1.82) is 0 Å². The van der Waals surface area contributed by atoms with Crippen LogP contribution in [0.4, 0.5) is 0 Å². The summed E-state index contributed by atoms with van der Waals surface area (Å²) < 4.78 is 11.8. The molecule has 1 aromatic rings. The lowest BCUT2D eigenvalue weighted by Crippen LogP contribution is -2.08. The van der Waals surface area contributed by atoms with E-state index in [-0.39, 0.29) is 0 Å². The SMILES string of the molecule is Cc1ccc(OCCOCCS)c(Br)c1. The third-order valence-electron chi connectivity index (χ3n) is 1.81. The first-order chi connectivity index (χ1) is 7.24. The van der Waals surface area contributed by atoms with Crippen molar-refractivity contribution in [3.05, 3.63) is 28.2 Å². The average Bonchev–Trinajstić information content (AvgIpc) is 2.20. The summed E-state index contributed by atoms with van der Waals surface area (Å²) in [7, 11) is 0. The molecule has 0 saturated heterocycles. The number of benzene rings is 1. The summed E-state index contributed by atoms with van der Waals surface area (Å²) in [6, 6.07) is 6.01. The molecule has 0 N–H and O–H groups in total. The van der Waals surface area contributed by atoms with Crippen LogP contribution in [0.3, 0.4) is 0 Å². The number of rotatable bonds is 6. The van der Waals surface area contributed by atoms with Crippen LogP contribution in [-0.2, 0) is 4.74 Å². The average molecular weight is 291 g/mol. The Morgan fingerprint density at radius 1 is 1.27 bits per heavy atom. The Labute approximate surface area is 105 Å². The number of aryl methyl sites for hydroxylation is 1. The van der Waals surface area contributed by atoms with E-state index >= 15 is 0 Å². The van der Waals surface area contributed by atoms with Crippen molar-refractivity contribution in [1.82, 2.24) is 0 Å². The van der Waals surface area contributed by atoms with Crippen molar-refractivity contribution in [2.75, 3.05) is 25.6 Å². The van der Waals surface area contributed by atoms with E-state index in [9.17, 15) is 0 Å². The molecule has 2 nitrogen and oxygen atoms in total. The van der Waals surface area contributed by atoms with E-state index in [0.29, 0.717) is 19.8 Å². The fourth-order valence-corrected chi connectivity index (χ4v) is 1.84. The minimum atomic E-state index is 0.565. The molecule has 0 heterocycles. The van der Waals surface area contributed by atoms with E-state index in [0.717, 1.165) is 16.0 Å². The molecule has 0 radical (unpaired) electrons. The fraction of sp³-hybridized carbons (Fsp3) is 0.455. The van der Waals surface area contributed by atoms with Gasteiger partial charge in [0.2, 0.25) is 0 Å². The Bertz CT molecular complexity index is 305. The Morgan fingerprint density at radius 2 is 2.07 bits per heavy atom. The molecule has 0 aliphatic carbocycles. The van der Waals surface area contributed by atoms with Crippen LogP contribution in [0.1, 0.15) is 5.56 Å². The zero-order valence-corrected chi connectivity index (χ0v) is 11.2. The summed E-state index contributed by atoms with van der Waals surface area (Å²) in [6.07, 6.45) is 0. The van der Waals surface area contributed by atoms with Gasteiger partial charge in [0.05, 0.1) is 17.7 Å². The second-order valence-electron chi connectivity index (χ2n) is 3.12. The minimum Gasteiger partial charge on any atom is -0.490 e. The molecular weight excluding hydrogens is 276 g/mol. The van der Waals surface area contributed by atoms with Gasteiger partial charge in [0, 0.05) is 5.75 Å². The number of ether oxygens (including phenoxy) is 2. The third-order valence-corrected chi connectivity index (χ3v) is 2.61. The van der Waals surface area contributed by atoms with E-state index < -0.39 is 0 Å². The van der Waals surface area contributed by atoms with Gasteiger partial charge in [-0.05, 0) is 40.5 Å². The van der Waals surface area contributed by atoms with Gasteiger partial charge in [0.25, 0.3) is 0 Å². The van der Waals surface area contributed by atoms with Gasteiger partial charge in [-0.2, -0.15) is 12.6 Å². The summed E-state index contributed by atoms with van der Waals surface area (Å²) in [5.41, 5.74) is 1.21. The highest BCUT2D eigenvalue weighted by atomic mass is 79.9. The number of hydrogen-bond acceptors (Lipinski definition) is 3. The monoisotopic (exact) mass is 290 g/mol. The number of thiol groups is 1. The predicted molar refractivity (Wildman–Crippen MR) is 69.0 cm³/mol. The van der Waals surface area contributed by atoms with Gasteiger partial charge in [-0.1, -0.05) is 6.07 Å². The molecule has 1 aromatic carbocycles. The first kappa shape index (κ1) is 12.9. The Morgan fingerprint density at radius 3 is 2.73 bits per heavy atom. The van der Waals surface area contributed by atoms with Crippen LogP contribution >= 0.6 is 28.6 Å². The zero-order chi connectivity index (χ0) is 11.1. The summed E-state index contributed by atoms with van der Waals surface area (Å²) in [4.78, 5) is 0. The summed E-state index contributed by atoms with van der Waals surface area (Å²) in [6.45, 7) is 3.88. The molecule has 0 aromatic heterocycles. The lowest BCUT2D eigenvalue weighted by Gasteiger charge is -2.08. The Kier molecular flexibility index (Phi) is 6.13. The van der Waals surface area contributed by atoms with Crippen LogP contribution < -0.4 is 4.74 Å².